The molecular formula is C22H28N4O3S. The number of aromatic nitrogens is 3. The lowest BCUT2D eigenvalue weighted by Gasteiger charge is -2.17. The van der Waals surface area contributed by atoms with Crippen LogP contribution < -0.4 is 10.9 Å². The molecule has 7 nitrogen and oxygen atoms in total. The summed E-state index contributed by atoms with van der Waals surface area (Å²) in [5, 5.41) is 7.38. The maximum Gasteiger partial charge on any atom is 0.262 e. The molecule has 0 aliphatic rings. The maximum absolute atomic E-state index is 13.1. The molecule has 30 heavy (non-hydrogen) atoms. The maximum atomic E-state index is 13.1. The molecule has 0 fully saturated rings. The summed E-state index contributed by atoms with van der Waals surface area (Å²) in [6, 6.07) is 9.03. The first-order valence-electron chi connectivity index (χ1n) is 10.4. The van der Waals surface area contributed by atoms with Gasteiger partial charge in [0.25, 0.3) is 5.56 Å². The van der Waals surface area contributed by atoms with Crippen molar-refractivity contribution >= 4 is 34.4 Å². The number of hydrogen-bond acceptors (Lipinski definition) is 6. The Morgan fingerprint density at radius 1 is 1.23 bits per heavy atom. The molecule has 0 aliphatic heterocycles. The smallest absolute Gasteiger partial charge is 0.262 e. The lowest BCUT2D eigenvalue weighted by molar-refractivity contribution is -0.115. The van der Waals surface area contributed by atoms with E-state index in [1.807, 2.05) is 25.1 Å². The van der Waals surface area contributed by atoms with Crippen LogP contribution >= 0.6 is 11.8 Å². The van der Waals surface area contributed by atoms with Crippen molar-refractivity contribution in [2.24, 2.45) is 0 Å². The van der Waals surface area contributed by atoms with Gasteiger partial charge in [-0.3, -0.25) is 14.2 Å². The third-order valence-corrected chi connectivity index (χ3v) is 6.21. The summed E-state index contributed by atoms with van der Waals surface area (Å²) >= 11 is 1.32. The number of unbranched alkanes of at least 4 members (excludes halogenated alkanes) is 3. The predicted octanol–water partition coefficient (Wildman–Crippen LogP) is 4.78. The van der Waals surface area contributed by atoms with Crippen molar-refractivity contribution in [2.45, 2.75) is 69.8 Å². The minimum atomic E-state index is -0.406. The van der Waals surface area contributed by atoms with E-state index in [1.54, 1.807) is 23.6 Å². The monoisotopic (exact) mass is 428 g/mol. The van der Waals surface area contributed by atoms with Gasteiger partial charge >= 0.3 is 0 Å². The number of nitrogens with zero attached hydrogens (tertiary/aromatic N) is 3. The van der Waals surface area contributed by atoms with Gasteiger partial charge in [0.2, 0.25) is 5.91 Å². The van der Waals surface area contributed by atoms with E-state index in [1.165, 1.54) is 11.8 Å². The number of benzene rings is 1. The fourth-order valence-corrected chi connectivity index (χ4v) is 4.25. The number of anilines is 1. The molecule has 0 bridgehead atoms. The topological polar surface area (TPSA) is 90.0 Å². The quantitative estimate of drug-likeness (QED) is 0.284. The molecule has 2 aromatic heterocycles. The molecule has 0 radical (unpaired) electrons. The highest BCUT2D eigenvalue weighted by Gasteiger charge is 2.23. The standard InChI is InChI=1S/C22H28N4O3S/c1-4-6-7-10-13-26-21(28)16-11-8-9-12-17(16)23-22(26)30-18(5-2)20(27)24-19-14-15(3)29-25-19/h8-9,11-12,14,18H,4-7,10,13H2,1-3H3,(H,24,25,27). The van der Waals surface area contributed by atoms with Gasteiger partial charge in [0, 0.05) is 12.6 Å². The second-order valence-corrected chi connectivity index (χ2v) is 8.43. The number of amides is 1. The van der Waals surface area contributed by atoms with Gasteiger partial charge in [0.05, 0.1) is 16.2 Å². The average Bonchev–Trinajstić information content (AvgIpc) is 3.15. The molecule has 0 spiro atoms. The number of carbonyl (C=O) groups is 1. The lowest BCUT2D eigenvalue weighted by Crippen LogP contribution is -2.28. The molecular weight excluding hydrogens is 400 g/mol. The van der Waals surface area contributed by atoms with Gasteiger partial charge in [-0.15, -0.1) is 0 Å². The van der Waals surface area contributed by atoms with Crippen LogP contribution in [0, 0.1) is 6.92 Å². The lowest BCUT2D eigenvalue weighted by atomic mass is 10.2. The summed E-state index contributed by atoms with van der Waals surface area (Å²) in [4.78, 5) is 30.6. The second-order valence-electron chi connectivity index (χ2n) is 7.26. The molecule has 1 N–H and O–H groups in total. The van der Waals surface area contributed by atoms with E-state index in [2.05, 4.69) is 17.4 Å². The van der Waals surface area contributed by atoms with Crippen molar-refractivity contribution in [1.29, 1.82) is 0 Å². The van der Waals surface area contributed by atoms with Crippen LogP contribution in [0.2, 0.25) is 0 Å². The molecule has 1 aromatic carbocycles. The van der Waals surface area contributed by atoms with Gasteiger partial charge in [-0.25, -0.2) is 4.98 Å². The van der Waals surface area contributed by atoms with Crippen LogP contribution in [-0.4, -0.2) is 25.9 Å². The van der Waals surface area contributed by atoms with Gasteiger partial charge in [-0.05, 0) is 31.9 Å². The predicted molar refractivity (Wildman–Crippen MR) is 120 cm³/mol. The zero-order valence-corrected chi connectivity index (χ0v) is 18.5. The number of fused-ring (bicyclic) bond motifs is 1. The van der Waals surface area contributed by atoms with Crippen LogP contribution in [0.1, 0.15) is 51.7 Å². The fourth-order valence-electron chi connectivity index (χ4n) is 3.21. The third kappa shape index (κ3) is 5.30. The summed E-state index contributed by atoms with van der Waals surface area (Å²) in [5.41, 5.74) is 0.596. The number of thioether (sulfide) groups is 1. The summed E-state index contributed by atoms with van der Waals surface area (Å²) in [6.07, 6.45) is 4.82. The Bertz CT molecular complexity index is 1060. The van der Waals surface area contributed by atoms with Crippen LogP contribution in [0.3, 0.4) is 0 Å². The SMILES string of the molecule is CCCCCCn1c(SC(CC)C(=O)Nc2cc(C)on2)nc2ccccc2c1=O. The molecule has 1 unspecified atom stereocenters. The molecule has 0 aliphatic carbocycles. The van der Waals surface area contributed by atoms with Crippen LogP contribution in [0.15, 0.2) is 44.8 Å². The molecule has 3 aromatic rings. The Morgan fingerprint density at radius 2 is 2.03 bits per heavy atom. The summed E-state index contributed by atoms with van der Waals surface area (Å²) in [5.74, 6) is 0.832. The van der Waals surface area contributed by atoms with Crippen molar-refractivity contribution in [3.8, 4) is 0 Å². The molecule has 160 valence electrons. The highest BCUT2D eigenvalue weighted by Crippen LogP contribution is 2.26. The number of hydrogen-bond donors (Lipinski definition) is 1. The summed E-state index contributed by atoms with van der Waals surface area (Å²) < 4.78 is 6.74. The normalized spacial score (nSPS) is 12.2. The van der Waals surface area contributed by atoms with E-state index in [0.29, 0.717) is 40.6 Å². The number of rotatable bonds is 10. The minimum Gasteiger partial charge on any atom is -0.360 e. The van der Waals surface area contributed by atoms with Gasteiger partial charge in [-0.1, -0.05) is 62.2 Å². The van der Waals surface area contributed by atoms with Crippen molar-refractivity contribution in [3.05, 3.63) is 46.4 Å². The fraction of sp³-hybridized carbons (Fsp3) is 0.455. The largest absolute Gasteiger partial charge is 0.360 e. The van der Waals surface area contributed by atoms with Gasteiger partial charge in [0.15, 0.2) is 11.0 Å². The highest BCUT2D eigenvalue weighted by molar-refractivity contribution is 8.00. The number of para-hydroxylation sites is 1. The third-order valence-electron chi connectivity index (χ3n) is 4.85. The molecule has 8 heteroatoms. The van der Waals surface area contributed by atoms with Gasteiger partial charge < -0.3 is 9.84 Å². The second kappa shape index (κ2) is 10.4. The van der Waals surface area contributed by atoms with Crippen molar-refractivity contribution in [2.75, 3.05) is 5.32 Å². The van der Waals surface area contributed by atoms with E-state index in [-0.39, 0.29) is 11.5 Å². The van der Waals surface area contributed by atoms with Gasteiger partial charge in [-0.2, -0.15) is 0 Å². The Kier molecular flexibility index (Phi) is 7.68. The highest BCUT2D eigenvalue weighted by atomic mass is 32.2. The Labute approximate surface area is 180 Å². The average molecular weight is 429 g/mol. The van der Waals surface area contributed by atoms with Crippen molar-refractivity contribution < 1.29 is 9.32 Å². The van der Waals surface area contributed by atoms with E-state index in [9.17, 15) is 9.59 Å². The Hall–Kier alpha value is -2.61. The molecule has 1 atom stereocenters. The van der Waals surface area contributed by atoms with Gasteiger partial charge in [0.1, 0.15) is 5.76 Å². The van der Waals surface area contributed by atoms with Crippen molar-refractivity contribution in [1.82, 2.24) is 14.7 Å². The summed E-state index contributed by atoms with van der Waals surface area (Å²) in [6.45, 7) is 6.46. The van der Waals surface area contributed by atoms with Crippen LogP contribution in [0.4, 0.5) is 5.82 Å². The van der Waals surface area contributed by atoms with E-state index >= 15 is 0 Å². The number of carbonyl (C=O) groups excluding carboxylic acids is 1. The van der Waals surface area contributed by atoms with Crippen LogP contribution in [0.5, 0.6) is 0 Å². The van der Waals surface area contributed by atoms with Crippen LogP contribution in [0.25, 0.3) is 10.9 Å². The molecule has 3 rings (SSSR count). The van der Waals surface area contributed by atoms with E-state index in [4.69, 9.17) is 9.51 Å². The van der Waals surface area contributed by atoms with E-state index in [0.717, 1.165) is 25.7 Å². The van der Waals surface area contributed by atoms with Crippen LogP contribution in [-0.2, 0) is 11.3 Å². The molecule has 0 saturated carbocycles. The Balaban J connectivity index is 1.87. The molecule has 2 heterocycles. The molecule has 0 saturated heterocycles. The summed E-state index contributed by atoms with van der Waals surface area (Å²) in [7, 11) is 0. The van der Waals surface area contributed by atoms with E-state index < -0.39 is 5.25 Å². The number of nitrogens with one attached hydrogen (secondary N) is 1. The first kappa shape index (κ1) is 22.1. The van der Waals surface area contributed by atoms with Crippen molar-refractivity contribution in [3.63, 3.8) is 0 Å². The molecule has 1 amide bonds. The zero-order chi connectivity index (χ0) is 21.5. The minimum absolute atomic E-state index is 0.0537. The number of aryl methyl sites for hydroxylation is 1. The first-order valence-corrected chi connectivity index (χ1v) is 11.3. The first-order chi connectivity index (χ1) is 14.5. The zero-order valence-electron chi connectivity index (χ0n) is 17.7. The Morgan fingerprint density at radius 3 is 2.73 bits per heavy atom.